The number of hydrogen-bond donors (Lipinski definition) is 1. The van der Waals surface area contributed by atoms with Crippen LogP contribution in [0.15, 0.2) is 16.8 Å². The van der Waals surface area contributed by atoms with Gasteiger partial charge in [0.1, 0.15) is 5.60 Å². The van der Waals surface area contributed by atoms with Crippen molar-refractivity contribution in [3.63, 3.8) is 0 Å². The van der Waals surface area contributed by atoms with Crippen LogP contribution in [0.5, 0.6) is 0 Å². The zero-order valence-electron chi connectivity index (χ0n) is 12.6. The minimum atomic E-state index is -0.481. The van der Waals surface area contributed by atoms with Crippen molar-refractivity contribution in [3.8, 4) is 0 Å². The fourth-order valence-electron chi connectivity index (χ4n) is 2.23. The third-order valence-electron chi connectivity index (χ3n) is 3.17. The number of carbonyl (C=O) groups is 1. The number of aliphatic imine (C=N–C) groups is 1. The number of hydrogen-bond acceptors (Lipinski definition) is 4. The van der Waals surface area contributed by atoms with Gasteiger partial charge in [-0.1, -0.05) is 0 Å². The molecule has 108 valence electrons. The summed E-state index contributed by atoms with van der Waals surface area (Å²) >= 11 is 0. The van der Waals surface area contributed by atoms with Crippen molar-refractivity contribution in [2.45, 2.75) is 52.2 Å². The van der Waals surface area contributed by atoms with Gasteiger partial charge >= 0.3 is 6.09 Å². The molecule has 1 unspecified atom stereocenters. The molecule has 1 atom stereocenters. The highest BCUT2D eigenvalue weighted by Gasteiger charge is 2.34. The number of ether oxygens (including phenoxy) is 1. The van der Waals surface area contributed by atoms with Crippen LogP contribution in [0.2, 0.25) is 0 Å². The van der Waals surface area contributed by atoms with Gasteiger partial charge in [-0.05, 0) is 40.5 Å². The molecule has 0 aromatic heterocycles. The first kappa shape index (κ1) is 15.5. The van der Waals surface area contributed by atoms with Gasteiger partial charge in [0.05, 0.1) is 6.04 Å². The van der Waals surface area contributed by atoms with Crippen molar-refractivity contribution in [3.05, 3.63) is 11.8 Å². The second-order valence-corrected chi connectivity index (χ2v) is 5.76. The Hall–Kier alpha value is -1.52. The van der Waals surface area contributed by atoms with Crippen LogP contribution in [-0.4, -0.2) is 41.9 Å². The monoisotopic (exact) mass is 267 g/mol. The number of amides is 1. The average molecular weight is 267 g/mol. The van der Waals surface area contributed by atoms with Gasteiger partial charge in [0.25, 0.3) is 0 Å². The summed E-state index contributed by atoms with van der Waals surface area (Å²) in [4.78, 5) is 18.1. The van der Waals surface area contributed by atoms with E-state index in [1.807, 2.05) is 27.7 Å². The average Bonchev–Trinajstić information content (AvgIpc) is 2.76. The molecular formula is C14H25N3O2. The summed E-state index contributed by atoms with van der Waals surface area (Å²) < 4.78 is 5.44. The van der Waals surface area contributed by atoms with E-state index in [9.17, 15) is 4.79 Å². The molecule has 0 saturated carbocycles. The van der Waals surface area contributed by atoms with E-state index in [0.29, 0.717) is 6.54 Å². The molecule has 1 rings (SSSR count). The number of likely N-dealkylation sites (tertiary alicyclic amines) is 1. The van der Waals surface area contributed by atoms with Crippen LogP contribution < -0.4 is 5.73 Å². The van der Waals surface area contributed by atoms with Gasteiger partial charge in [-0.3, -0.25) is 4.99 Å². The molecule has 0 aromatic carbocycles. The molecule has 1 fully saturated rings. The highest BCUT2D eigenvalue weighted by Crippen LogP contribution is 2.26. The molecule has 5 heteroatoms. The second kappa shape index (κ2) is 6.08. The van der Waals surface area contributed by atoms with Gasteiger partial charge in [0.2, 0.25) is 0 Å². The molecule has 2 N–H and O–H groups in total. The fourth-order valence-corrected chi connectivity index (χ4v) is 2.23. The van der Waals surface area contributed by atoms with Gasteiger partial charge < -0.3 is 15.4 Å². The molecule has 1 aliphatic rings. The third-order valence-corrected chi connectivity index (χ3v) is 3.17. The lowest BCUT2D eigenvalue weighted by Crippen LogP contribution is -2.41. The van der Waals surface area contributed by atoms with E-state index >= 15 is 0 Å². The molecule has 0 spiro atoms. The van der Waals surface area contributed by atoms with Crippen LogP contribution in [0.4, 0.5) is 4.79 Å². The van der Waals surface area contributed by atoms with Gasteiger partial charge in [-0.15, -0.1) is 0 Å². The first-order valence-electron chi connectivity index (χ1n) is 6.65. The van der Waals surface area contributed by atoms with Crippen LogP contribution in [0.3, 0.4) is 0 Å². The zero-order valence-corrected chi connectivity index (χ0v) is 12.6. The minimum Gasteiger partial charge on any atom is -0.444 e. The van der Waals surface area contributed by atoms with Crippen molar-refractivity contribution in [2.24, 2.45) is 10.7 Å². The van der Waals surface area contributed by atoms with E-state index in [1.165, 1.54) is 0 Å². The first-order chi connectivity index (χ1) is 8.80. The highest BCUT2D eigenvalue weighted by atomic mass is 16.6. The van der Waals surface area contributed by atoms with E-state index in [1.54, 1.807) is 18.1 Å². The highest BCUT2D eigenvalue weighted by molar-refractivity contribution is 5.99. The summed E-state index contributed by atoms with van der Waals surface area (Å²) in [5.41, 5.74) is 6.99. The second-order valence-electron chi connectivity index (χ2n) is 5.76. The molecule has 0 aliphatic carbocycles. The lowest BCUT2D eigenvalue weighted by Gasteiger charge is -2.29. The maximum Gasteiger partial charge on any atom is 0.410 e. The third kappa shape index (κ3) is 3.98. The minimum absolute atomic E-state index is 0.0245. The van der Waals surface area contributed by atoms with Crippen LogP contribution >= 0.6 is 0 Å². The summed E-state index contributed by atoms with van der Waals surface area (Å²) in [5, 5.41) is 0. The molecule has 1 amide bonds. The largest absolute Gasteiger partial charge is 0.444 e. The lowest BCUT2D eigenvalue weighted by atomic mass is 10.0. The van der Waals surface area contributed by atoms with Crippen molar-refractivity contribution in [1.82, 2.24) is 4.90 Å². The van der Waals surface area contributed by atoms with Crippen molar-refractivity contribution >= 4 is 11.8 Å². The normalized spacial score (nSPS) is 21.7. The summed E-state index contributed by atoms with van der Waals surface area (Å²) in [6.07, 6.45) is 3.13. The molecule has 1 saturated heterocycles. The Kier molecular flexibility index (Phi) is 4.97. The fraction of sp³-hybridized carbons (Fsp3) is 0.714. The van der Waals surface area contributed by atoms with Crippen LogP contribution in [-0.2, 0) is 4.74 Å². The van der Waals surface area contributed by atoms with Gasteiger partial charge in [-0.25, -0.2) is 4.79 Å². The van der Waals surface area contributed by atoms with Crippen LogP contribution in [0.1, 0.15) is 40.5 Å². The Morgan fingerprint density at radius 2 is 2.11 bits per heavy atom. The van der Waals surface area contributed by atoms with Crippen molar-refractivity contribution in [2.75, 3.05) is 13.6 Å². The summed E-state index contributed by atoms with van der Waals surface area (Å²) in [6.45, 7) is 8.22. The number of carbonyl (C=O) groups excluding carboxylic acids is 1. The summed E-state index contributed by atoms with van der Waals surface area (Å²) in [7, 11) is 1.73. The Balaban J connectivity index is 2.88. The van der Waals surface area contributed by atoms with Crippen LogP contribution in [0.25, 0.3) is 0 Å². The Bertz CT molecular complexity index is 394. The van der Waals surface area contributed by atoms with Crippen molar-refractivity contribution in [1.29, 1.82) is 0 Å². The lowest BCUT2D eigenvalue weighted by molar-refractivity contribution is 0.0252. The zero-order chi connectivity index (χ0) is 14.6. The molecule has 0 aromatic rings. The van der Waals surface area contributed by atoms with Crippen molar-refractivity contribution < 1.29 is 9.53 Å². The van der Waals surface area contributed by atoms with Crippen LogP contribution in [0, 0.1) is 0 Å². The van der Waals surface area contributed by atoms with Gasteiger partial charge in [0.15, 0.2) is 0 Å². The van der Waals surface area contributed by atoms with E-state index < -0.39 is 5.60 Å². The number of nitrogens with two attached hydrogens (primary N) is 1. The quantitative estimate of drug-likeness (QED) is 0.781. The maximum absolute atomic E-state index is 12.2. The first-order valence-corrected chi connectivity index (χ1v) is 6.65. The number of nitrogens with zero attached hydrogens (tertiary/aromatic N) is 2. The smallest absolute Gasteiger partial charge is 0.410 e. The molecule has 1 heterocycles. The van der Waals surface area contributed by atoms with Gasteiger partial charge in [0, 0.05) is 31.1 Å². The molecule has 0 radical (unpaired) electrons. The molecule has 19 heavy (non-hydrogen) atoms. The van der Waals surface area contributed by atoms with E-state index in [4.69, 9.17) is 10.5 Å². The van der Waals surface area contributed by atoms with E-state index in [-0.39, 0.29) is 12.1 Å². The predicted molar refractivity (Wildman–Crippen MR) is 77.3 cm³/mol. The van der Waals surface area contributed by atoms with Gasteiger partial charge in [-0.2, -0.15) is 0 Å². The summed E-state index contributed by atoms with van der Waals surface area (Å²) in [5.74, 6) is 0. The maximum atomic E-state index is 12.2. The number of rotatable bonds is 2. The molecule has 0 bridgehead atoms. The molecule has 5 nitrogen and oxygen atoms in total. The topological polar surface area (TPSA) is 67.9 Å². The SMILES string of the molecule is CN=C(C)C(=CN)C1CCCN1C(=O)OC(C)(C)C. The Morgan fingerprint density at radius 1 is 1.47 bits per heavy atom. The molecule has 1 aliphatic heterocycles. The summed E-state index contributed by atoms with van der Waals surface area (Å²) in [6, 6.07) is -0.0245. The Labute approximate surface area is 115 Å². The Morgan fingerprint density at radius 3 is 2.58 bits per heavy atom. The molecular weight excluding hydrogens is 242 g/mol. The van der Waals surface area contributed by atoms with E-state index in [2.05, 4.69) is 4.99 Å². The predicted octanol–water partition coefficient (Wildman–Crippen LogP) is 2.32. The van der Waals surface area contributed by atoms with E-state index in [0.717, 1.165) is 24.1 Å². The standard InChI is InChI=1S/C14H25N3O2/c1-10(16-5)11(9-15)12-7-6-8-17(12)13(18)19-14(2,3)4/h9,12H,6-8,15H2,1-5H3.